The Bertz CT molecular complexity index is 460. The third kappa shape index (κ3) is 2.17. The summed E-state index contributed by atoms with van der Waals surface area (Å²) in [7, 11) is 0. The number of halogens is 1. The maximum Gasteiger partial charge on any atom is 0.0270 e. The topological polar surface area (TPSA) is 12.9 Å². The van der Waals surface area contributed by atoms with Crippen molar-refractivity contribution in [2.24, 2.45) is 0 Å². The van der Waals surface area contributed by atoms with Crippen molar-refractivity contribution in [1.29, 1.82) is 0 Å². The molecule has 0 spiro atoms. The quantitative estimate of drug-likeness (QED) is 0.802. The van der Waals surface area contributed by atoms with E-state index in [1.165, 1.54) is 11.1 Å². The van der Waals surface area contributed by atoms with Crippen molar-refractivity contribution >= 4 is 15.9 Å². The Morgan fingerprint density at radius 3 is 1.94 bits per heavy atom. The second-order valence-corrected chi connectivity index (χ2v) is 5.28. The normalized spacial score (nSPS) is 11.4. The van der Waals surface area contributed by atoms with E-state index in [1.54, 1.807) is 0 Å². The smallest absolute Gasteiger partial charge is 0.0270 e. The minimum Gasteiger partial charge on any atom is -0.265 e. The second kappa shape index (κ2) is 4.38. The van der Waals surface area contributed by atoms with Crippen LogP contribution in [0.25, 0.3) is 0 Å². The molecule has 0 saturated heterocycles. The van der Waals surface area contributed by atoms with Crippen LogP contribution >= 0.6 is 15.9 Å². The van der Waals surface area contributed by atoms with Gasteiger partial charge in [0.25, 0.3) is 0 Å². The van der Waals surface area contributed by atoms with Crippen LogP contribution in [0.5, 0.6) is 0 Å². The number of pyridine rings is 1. The third-order valence-corrected chi connectivity index (χ3v) is 3.50. The van der Waals surface area contributed by atoms with Gasteiger partial charge in [0, 0.05) is 22.3 Å². The predicted octanol–water partition coefficient (Wildman–Crippen LogP) is 4.17. The highest BCUT2D eigenvalue weighted by molar-refractivity contribution is 9.10. The Kier molecular flexibility index (Phi) is 3.10. The number of nitrogens with zero attached hydrogens (tertiary/aromatic N) is 1. The molecule has 0 aliphatic carbocycles. The van der Waals surface area contributed by atoms with Crippen molar-refractivity contribution < 1.29 is 0 Å². The van der Waals surface area contributed by atoms with E-state index < -0.39 is 0 Å². The van der Waals surface area contributed by atoms with E-state index in [0.717, 1.165) is 4.47 Å². The largest absolute Gasteiger partial charge is 0.265 e. The predicted molar refractivity (Wildman–Crippen MR) is 70.5 cm³/mol. The summed E-state index contributed by atoms with van der Waals surface area (Å²) in [6.07, 6.45) is 3.69. The summed E-state index contributed by atoms with van der Waals surface area (Å²) in [5.41, 5.74) is 2.61. The minimum atomic E-state index is 0.0175. The van der Waals surface area contributed by atoms with E-state index >= 15 is 0 Å². The molecule has 2 aromatic rings. The first-order chi connectivity index (χ1) is 7.60. The number of benzene rings is 1. The molecule has 2 rings (SSSR count). The molecule has 82 valence electrons. The average molecular weight is 276 g/mol. The van der Waals surface area contributed by atoms with Gasteiger partial charge in [0.15, 0.2) is 0 Å². The Balaban J connectivity index is 2.43. The lowest BCUT2D eigenvalue weighted by molar-refractivity contribution is 0.639. The Labute approximate surface area is 105 Å². The monoisotopic (exact) mass is 275 g/mol. The highest BCUT2D eigenvalue weighted by Gasteiger charge is 2.22. The minimum absolute atomic E-state index is 0.0175. The van der Waals surface area contributed by atoms with E-state index in [-0.39, 0.29) is 5.41 Å². The van der Waals surface area contributed by atoms with Crippen molar-refractivity contribution in [3.8, 4) is 0 Å². The highest BCUT2D eigenvalue weighted by Crippen LogP contribution is 2.31. The van der Waals surface area contributed by atoms with Gasteiger partial charge < -0.3 is 0 Å². The van der Waals surface area contributed by atoms with Gasteiger partial charge in [-0.25, -0.2) is 0 Å². The second-order valence-electron chi connectivity index (χ2n) is 4.37. The van der Waals surface area contributed by atoms with Crippen molar-refractivity contribution in [3.63, 3.8) is 0 Å². The van der Waals surface area contributed by atoms with Crippen LogP contribution in [0, 0.1) is 0 Å². The van der Waals surface area contributed by atoms with Crippen LogP contribution in [0.3, 0.4) is 0 Å². The average Bonchev–Trinajstić information content (AvgIpc) is 2.31. The maximum atomic E-state index is 4.06. The van der Waals surface area contributed by atoms with Crippen molar-refractivity contribution in [2.75, 3.05) is 0 Å². The van der Waals surface area contributed by atoms with E-state index in [4.69, 9.17) is 0 Å². The molecule has 0 saturated carbocycles. The molecule has 0 bridgehead atoms. The van der Waals surface area contributed by atoms with Gasteiger partial charge in [-0.2, -0.15) is 0 Å². The zero-order valence-electron chi connectivity index (χ0n) is 9.44. The molecule has 0 radical (unpaired) electrons. The Hall–Kier alpha value is -1.15. The lowest BCUT2D eigenvalue weighted by atomic mass is 9.79. The number of hydrogen-bond acceptors (Lipinski definition) is 1. The van der Waals surface area contributed by atoms with Crippen molar-refractivity contribution in [1.82, 2.24) is 4.98 Å². The highest BCUT2D eigenvalue weighted by atomic mass is 79.9. The number of rotatable bonds is 2. The molecule has 0 aliphatic heterocycles. The van der Waals surface area contributed by atoms with Gasteiger partial charge in [-0.15, -0.1) is 0 Å². The van der Waals surface area contributed by atoms with Gasteiger partial charge in [0.05, 0.1) is 0 Å². The Morgan fingerprint density at radius 1 is 0.875 bits per heavy atom. The molecular formula is C14H14BrN. The summed E-state index contributed by atoms with van der Waals surface area (Å²) in [5.74, 6) is 0. The van der Waals surface area contributed by atoms with Gasteiger partial charge in [-0.05, 0) is 35.4 Å². The fourth-order valence-electron chi connectivity index (χ4n) is 1.80. The van der Waals surface area contributed by atoms with E-state index in [9.17, 15) is 0 Å². The molecule has 2 heteroatoms. The van der Waals surface area contributed by atoms with Crippen LogP contribution in [0.15, 0.2) is 53.3 Å². The molecule has 0 amide bonds. The SMILES string of the molecule is CC(C)(c1ccncc1)c1ccc(Br)cc1. The van der Waals surface area contributed by atoms with Crippen LogP contribution in [0.4, 0.5) is 0 Å². The van der Waals surface area contributed by atoms with Crippen LogP contribution < -0.4 is 0 Å². The van der Waals surface area contributed by atoms with Gasteiger partial charge in [0.1, 0.15) is 0 Å². The molecule has 16 heavy (non-hydrogen) atoms. The standard InChI is InChI=1S/C14H14BrN/c1-14(2,12-7-9-16-10-8-12)11-3-5-13(15)6-4-11/h3-10H,1-2H3. The summed E-state index contributed by atoms with van der Waals surface area (Å²) in [5, 5.41) is 0. The molecule has 0 N–H and O–H groups in total. The zero-order valence-corrected chi connectivity index (χ0v) is 11.0. The first-order valence-corrected chi connectivity index (χ1v) is 6.06. The van der Waals surface area contributed by atoms with Gasteiger partial charge in [-0.3, -0.25) is 4.98 Å². The number of aromatic nitrogens is 1. The summed E-state index contributed by atoms with van der Waals surface area (Å²) < 4.78 is 1.11. The Morgan fingerprint density at radius 2 is 1.38 bits per heavy atom. The molecule has 1 heterocycles. The summed E-state index contributed by atoms with van der Waals surface area (Å²) >= 11 is 3.46. The molecule has 0 aliphatic rings. The first kappa shape index (κ1) is 11.3. The first-order valence-electron chi connectivity index (χ1n) is 5.27. The van der Waals surface area contributed by atoms with Crippen LogP contribution in [0.2, 0.25) is 0 Å². The van der Waals surface area contributed by atoms with Crippen molar-refractivity contribution in [3.05, 3.63) is 64.4 Å². The van der Waals surface area contributed by atoms with E-state index in [1.807, 2.05) is 12.4 Å². The van der Waals surface area contributed by atoms with Crippen LogP contribution in [-0.4, -0.2) is 4.98 Å². The fraction of sp³-hybridized carbons (Fsp3) is 0.214. The van der Waals surface area contributed by atoms with Gasteiger partial charge in [0.2, 0.25) is 0 Å². The molecule has 1 aromatic heterocycles. The van der Waals surface area contributed by atoms with Crippen molar-refractivity contribution in [2.45, 2.75) is 19.3 Å². The summed E-state index contributed by atoms with van der Waals surface area (Å²) in [6, 6.07) is 12.6. The summed E-state index contributed by atoms with van der Waals surface area (Å²) in [4.78, 5) is 4.06. The zero-order chi connectivity index (χ0) is 11.6. The molecule has 1 aromatic carbocycles. The lowest BCUT2D eigenvalue weighted by Crippen LogP contribution is -2.18. The summed E-state index contributed by atoms with van der Waals surface area (Å²) in [6.45, 7) is 4.46. The van der Waals surface area contributed by atoms with Gasteiger partial charge in [-0.1, -0.05) is 41.9 Å². The van der Waals surface area contributed by atoms with E-state index in [0.29, 0.717) is 0 Å². The molecule has 0 unspecified atom stereocenters. The molecule has 0 fully saturated rings. The van der Waals surface area contributed by atoms with E-state index in [2.05, 4.69) is 71.2 Å². The number of hydrogen-bond donors (Lipinski definition) is 0. The van der Waals surface area contributed by atoms with Crippen LogP contribution in [0.1, 0.15) is 25.0 Å². The molecule has 1 nitrogen and oxygen atoms in total. The van der Waals surface area contributed by atoms with Gasteiger partial charge >= 0.3 is 0 Å². The van der Waals surface area contributed by atoms with Crippen LogP contribution in [-0.2, 0) is 5.41 Å². The molecular weight excluding hydrogens is 262 g/mol. The maximum absolute atomic E-state index is 4.06. The lowest BCUT2D eigenvalue weighted by Gasteiger charge is -2.25. The fourth-order valence-corrected chi connectivity index (χ4v) is 2.07. The molecule has 0 atom stereocenters. The third-order valence-electron chi connectivity index (χ3n) is 2.97.